The summed E-state index contributed by atoms with van der Waals surface area (Å²) in [5.41, 5.74) is 4.64. The number of para-hydroxylation sites is 1. The van der Waals surface area contributed by atoms with E-state index in [-0.39, 0.29) is 5.56 Å². The van der Waals surface area contributed by atoms with Crippen molar-refractivity contribution in [2.45, 2.75) is 13.8 Å². The van der Waals surface area contributed by atoms with E-state index in [1.807, 2.05) is 86.7 Å². The average molecular weight is 382 g/mol. The summed E-state index contributed by atoms with van der Waals surface area (Å²) in [4.78, 5) is 18.1. The van der Waals surface area contributed by atoms with Gasteiger partial charge in [-0.3, -0.25) is 9.36 Å². The smallest absolute Gasteiger partial charge is 0.266 e. The molecule has 0 saturated heterocycles. The van der Waals surface area contributed by atoms with E-state index >= 15 is 0 Å². The highest BCUT2D eigenvalue weighted by Gasteiger charge is 2.12. The highest BCUT2D eigenvalue weighted by Crippen LogP contribution is 2.20. The van der Waals surface area contributed by atoms with Gasteiger partial charge >= 0.3 is 0 Å². The number of rotatable bonds is 4. The number of fused-ring (bicyclic) bond motifs is 1. The Morgan fingerprint density at radius 2 is 1.69 bits per heavy atom. The number of ether oxygens (including phenoxy) is 1. The van der Waals surface area contributed by atoms with Crippen molar-refractivity contribution in [3.8, 4) is 11.4 Å². The molecule has 4 rings (SSSR count). The van der Waals surface area contributed by atoms with Crippen LogP contribution in [0.2, 0.25) is 0 Å². The molecular formula is C25H22N2O2. The molecule has 1 aromatic heterocycles. The lowest BCUT2D eigenvalue weighted by atomic mass is 10.1. The lowest BCUT2D eigenvalue weighted by Gasteiger charge is -2.14. The molecule has 0 radical (unpaired) electrons. The van der Waals surface area contributed by atoms with Crippen LogP contribution < -0.4 is 10.3 Å². The van der Waals surface area contributed by atoms with Crippen LogP contribution in [-0.4, -0.2) is 16.7 Å². The molecule has 4 nitrogen and oxygen atoms in total. The van der Waals surface area contributed by atoms with Crippen LogP contribution in [0.1, 0.15) is 22.5 Å². The summed E-state index contributed by atoms with van der Waals surface area (Å²) >= 11 is 0. The first kappa shape index (κ1) is 18.7. The van der Waals surface area contributed by atoms with Gasteiger partial charge in [0.25, 0.3) is 5.56 Å². The van der Waals surface area contributed by atoms with Gasteiger partial charge < -0.3 is 4.74 Å². The normalized spacial score (nSPS) is 11.3. The molecule has 0 N–H and O–H groups in total. The van der Waals surface area contributed by atoms with Crippen LogP contribution in [0, 0.1) is 13.8 Å². The third-order valence-electron chi connectivity index (χ3n) is 4.94. The minimum atomic E-state index is -0.0723. The second kappa shape index (κ2) is 7.76. The van der Waals surface area contributed by atoms with Gasteiger partial charge in [0.05, 0.1) is 23.7 Å². The van der Waals surface area contributed by atoms with Crippen LogP contribution in [0.5, 0.6) is 5.75 Å². The molecule has 3 aromatic carbocycles. The molecule has 0 bridgehead atoms. The van der Waals surface area contributed by atoms with E-state index in [1.54, 1.807) is 11.7 Å². The maximum absolute atomic E-state index is 13.4. The van der Waals surface area contributed by atoms with E-state index in [1.165, 1.54) is 0 Å². The zero-order chi connectivity index (χ0) is 20.4. The molecule has 0 aliphatic rings. The molecular weight excluding hydrogens is 360 g/mol. The number of aryl methyl sites for hydroxylation is 2. The fourth-order valence-corrected chi connectivity index (χ4v) is 3.44. The summed E-state index contributed by atoms with van der Waals surface area (Å²) in [7, 11) is 1.65. The Hall–Kier alpha value is -3.66. The van der Waals surface area contributed by atoms with Crippen LogP contribution >= 0.6 is 0 Å². The van der Waals surface area contributed by atoms with Crippen molar-refractivity contribution in [2.24, 2.45) is 0 Å². The molecule has 4 aromatic rings. The molecule has 144 valence electrons. The number of methoxy groups -OCH3 is 1. The molecule has 0 spiro atoms. The van der Waals surface area contributed by atoms with E-state index in [0.29, 0.717) is 16.7 Å². The Morgan fingerprint density at radius 3 is 2.41 bits per heavy atom. The van der Waals surface area contributed by atoms with Crippen molar-refractivity contribution in [3.05, 3.63) is 99.6 Å². The van der Waals surface area contributed by atoms with E-state index in [4.69, 9.17) is 9.72 Å². The average Bonchev–Trinajstić information content (AvgIpc) is 2.73. The van der Waals surface area contributed by atoms with Crippen LogP contribution in [0.15, 0.2) is 71.5 Å². The lowest BCUT2D eigenvalue weighted by Crippen LogP contribution is -2.23. The topological polar surface area (TPSA) is 44.1 Å². The van der Waals surface area contributed by atoms with Crippen molar-refractivity contribution < 1.29 is 4.74 Å². The Balaban J connectivity index is 1.91. The number of benzene rings is 3. The second-order valence-electron chi connectivity index (χ2n) is 7.02. The van der Waals surface area contributed by atoms with Crippen LogP contribution in [0.25, 0.3) is 28.7 Å². The lowest BCUT2D eigenvalue weighted by molar-refractivity contribution is 0.415. The SMILES string of the molecule is COc1ccc(C=Cc2nc3ccccc3c(=O)n2-c2ccc(C)cc2C)cc1. The molecule has 0 amide bonds. The maximum Gasteiger partial charge on any atom is 0.266 e. The van der Waals surface area contributed by atoms with Crippen molar-refractivity contribution in [1.29, 1.82) is 0 Å². The molecule has 4 heteroatoms. The van der Waals surface area contributed by atoms with Gasteiger partial charge in [0.2, 0.25) is 0 Å². The monoisotopic (exact) mass is 382 g/mol. The molecule has 29 heavy (non-hydrogen) atoms. The highest BCUT2D eigenvalue weighted by molar-refractivity contribution is 5.80. The van der Waals surface area contributed by atoms with Gasteiger partial charge in [0.15, 0.2) is 0 Å². The first-order chi connectivity index (χ1) is 14.1. The molecule has 0 fully saturated rings. The summed E-state index contributed by atoms with van der Waals surface area (Å²) in [6.45, 7) is 4.06. The van der Waals surface area contributed by atoms with Gasteiger partial charge in [-0.05, 0) is 61.4 Å². The van der Waals surface area contributed by atoms with Crippen molar-refractivity contribution >= 4 is 23.1 Å². The standard InChI is InChI=1S/C25H22N2O2/c1-17-8-14-23(18(2)16-17)27-24(15-11-19-9-12-20(29-3)13-10-19)26-22-7-5-4-6-21(22)25(27)28/h4-16H,1-3H3. The summed E-state index contributed by atoms with van der Waals surface area (Å²) in [6, 6.07) is 21.3. The third kappa shape index (κ3) is 3.69. The number of hydrogen-bond donors (Lipinski definition) is 0. The van der Waals surface area contributed by atoms with Crippen LogP contribution in [-0.2, 0) is 0 Å². The van der Waals surface area contributed by atoms with Crippen molar-refractivity contribution in [2.75, 3.05) is 7.11 Å². The minimum Gasteiger partial charge on any atom is -0.497 e. The second-order valence-corrected chi connectivity index (χ2v) is 7.02. The fourth-order valence-electron chi connectivity index (χ4n) is 3.44. The molecule has 0 atom stereocenters. The highest BCUT2D eigenvalue weighted by atomic mass is 16.5. The molecule has 0 aliphatic carbocycles. The molecule has 1 heterocycles. The Labute approximate surface area is 169 Å². The quantitative estimate of drug-likeness (QED) is 0.488. The summed E-state index contributed by atoms with van der Waals surface area (Å²) in [6.07, 6.45) is 3.84. The van der Waals surface area contributed by atoms with Crippen LogP contribution in [0.3, 0.4) is 0 Å². The van der Waals surface area contributed by atoms with Crippen LogP contribution in [0.4, 0.5) is 0 Å². The Kier molecular flexibility index (Phi) is 5.00. The number of hydrogen-bond acceptors (Lipinski definition) is 3. The first-order valence-corrected chi connectivity index (χ1v) is 9.48. The van der Waals surface area contributed by atoms with E-state index < -0.39 is 0 Å². The maximum atomic E-state index is 13.4. The first-order valence-electron chi connectivity index (χ1n) is 9.48. The van der Waals surface area contributed by atoms with E-state index in [2.05, 4.69) is 6.07 Å². The van der Waals surface area contributed by atoms with Gasteiger partial charge in [0, 0.05) is 0 Å². The Bertz CT molecular complexity index is 1270. The number of aromatic nitrogens is 2. The van der Waals surface area contributed by atoms with Gasteiger partial charge in [0.1, 0.15) is 11.6 Å². The minimum absolute atomic E-state index is 0.0723. The third-order valence-corrected chi connectivity index (χ3v) is 4.94. The van der Waals surface area contributed by atoms with Gasteiger partial charge in [-0.1, -0.05) is 48.0 Å². The molecule has 0 unspecified atom stereocenters. The van der Waals surface area contributed by atoms with Gasteiger partial charge in [-0.15, -0.1) is 0 Å². The fraction of sp³-hybridized carbons (Fsp3) is 0.120. The predicted octanol–water partition coefficient (Wildman–Crippen LogP) is 5.18. The largest absolute Gasteiger partial charge is 0.497 e. The van der Waals surface area contributed by atoms with Gasteiger partial charge in [-0.2, -0.15) is 0 Å². The molecule has 0 aliphatic heterocycles. The Morgan fingerprint density at radius 1 is 0.931 bits per heavy atom. The summed E-state index contributed by atoms with van der Waals surface area (Å²) in [5.74, 6) is 1.40. The predicted molar refractivity (Wildman–Crippen MR) is 119 cm³/mol. The summed E-state index contributed by atoms with van der Waals surface area (Å²) < 4.78 is 6.91. The number of nitrogens with zero attached hydrogens (tertiary/aromatic N) is 2. The van der Waals surface area contributed by atoms with E-state index in [9.17, 15) is 4.79 Å². The van der Waals surface area contributed by atoms with Crippen molar-refractivity contribution in [1.82, 2.24) is 9.55 Å². The van der Waals surface area contributed by atoms with E-state index in [0.717, 1.165) is 28.1 Å². The summed E-state index contributed by atoms with van der Waals surface area (Å²) in [5, 5.41) is 0.606. The zero-order valence-corrected chi connectivity index (χ0v) is 16.7. The van der Waals surface area contributed by atoms with Crippen molar-refractivity contribution in [3.63, 3.8) is 0 Å². The zero-order valence-electron chi connectivity index (χ0n) is 16.7. The molecule has 0 saturated carbocycles. The van der Waals surface area contributed by atoms with Gasteiger partial charge in [-0.25, -0.2) is 4.98 Å².